The molecular weight excluding hydrogens is 472 g/mol. The van der Waals surface area contributed by atoms with Crippen LogP contribution in [0.2, 0.25) is 5.02 Å². The average Bonchev–Trinajstić information content (AvgIpc) is 2.80. The van der Waals surface area contributed by atoms with Gasteiger partial charge in [-0.2, -0.15) is 0 Å². The first-order chi connectivity index (χ1) is 16.1. The zero-order valence-corrected chi connectivity index (χ0v) is 21.3. The van der Waals surface area contributed by atoms with Crippen molar-refractivity contribution >= 4 is 33.2 Å². The Balaban J connectivity index is 1.74. The summed E-state index contributed by atoms with van der Waals surface area (Å²) in [5.74, 6) is 0.272. The Morgan fingerprint density at radius 2 is 1.68 bits per heavy atom. The number of rotatable bonds is 9. The lowest BCUT2D eigenvalue weighted by Crippen LogP contribution is -2.42. The highest BCUT2D eigenvalue weighted by Gasteiger charge is 2.28. The molecule has 0 saturated carbocycles. The number of amides is 1. The van der Waals surface area contributed by atoms with E-state index < -0.39 is 15.9 Å². The lowest BCUT2D eigenvalue weighted by molar-refractivity contribution is -0.119. The fourth-order valence-corrected chi connectivity index (χ4v) is 5.00. The van der Waals surface area contributed by atoms with Gasteiger partial charge < -0.3 is 10.1 Å². The summed E-state index contributed by atoms with van der Waals surface area (Å²) in [6.07, 6.45) is 0. The molecule has 0 radical (unpaired) electrons. The second-order valence-corrected chi connectivity index (χ2v) is 10.4. The topological polar surface area (TPSA) is 75.7 Å². The number of carbonyl (C=O) groups excluding carboxylic acids is 1. The third kappa shape index (κ3) is 6.10. The monoisotopic (exact) mass is 500 g/mol. The normalized spacial score (nSPS) is 11.2. The number of halogens is 1. The largest absolute Gasteiger partial charge is 0.492 e. The Bertz CT molecular complexity index is 1270. The van der Waals surface area contributed by atoms with Crippen molar-refractivity contribution in [1.82, 2.24) is 5.32 Å². The summed E-state index contributed by atoms with van der Waals surface area (Å²) in [7, 11) is -4.01. The highest BCUT2D eigenvalue weighted by molar-refractivity contribution is 7.92. The summed E-state index contributed by atoms with van der Waals surface area (Å²) >= 11 is 6.25. The molecule has 34 heavy (non-hydrogen) atoms. The van der Waals surface area contributed by atoms with Crippen molar-refractivity contribution in [3.63, 3.8) is 0 Å². The van der Waals surface area contributed by atoms with Crippen LogP contribution in [0.4, 0.5) is 5.69 Å². The average molecular weight is 501 g/mol. The SMILES string of the molecule is Cc1ccc(S(=O)(=O)N(CC(=O)NCCOc2ccc(C)c(C)c2)c2cccc(Cl)c2C)cc1. The Kier molecular flexibility index (Phi) is 8.23. The number of carbonyl (C=O) groups is 1. The van der Waals surface area contributed by atoms with E-state index in [-0.39, 0.29) is 24.6 Å². The Morgan fingerprint density at radius 3 is 2.35 bits per heavy atom. The van der Waals surface area contributed by atoms with Gasteiger partial charge in [-0.15, -0.1) is 0 Å². The van der Waals surface area contributed by atoms with Crippen LogP contribution in [0.1, 0.15) is 22.3 Å². The Hall–Kier alpha value is -3.03. The molecule has 1 N–H and O–H groups in total. The number of benzene rings is 3. The van der Waals surface area contributed by atoms with Crippen LogP contribution in [0.5, 0.6) is 5.75 Å². The van der Waals surface area contributed by atoms with Gasteiger partial charge in [0.05, 0.1) is 17.1 Å². The summed E-state index contributed by atoms with van der Waals surface area (Å²) in [5, 5.41) is 3.16. The molecule has 0 fully saturated rings. The molecule has 1 amide bonds. The molecule has 3 aromatic carbocycles. The number of hydrogen-bond acceptors (Lipinski definition) is 4. The van der Waals surface area contributed by atoms with Crippen molar-refractivity contribution in [3.8, 4) is 5.75 Å². The van der Waals surface area contributed by atoms with Gasteiger partial charge in [-0.1, -0.05) is 41.4 Å². The number of nitrogens with one attached hydrogen (secondary N) is 1. The molecule has 0 aliphatic heterocycles. The maximum Gasteiger partial charge on any atom is 0.264 e. The summed E-state index contributed by atoms with van der Waals surface area (Å²) in [4.78, 5) is 12.9. The molecular formula is C26H29ClN2O4S. The molecule has 0 aliphatic rings. The Labute approximate surface area is 206 Å². The maximum absolute atomic E-state index is 13.5. The quantitative estimate of drug-likeness (QED) is 0.421. The van der Waals surface area contributed by atoms with E-state index in [0.29, 0.717) is 16.3 Å². The van der Waals surface area contributed by atoms with E-state index in [9.17, 15) is 13.2 Å². The van der Waals surface area contributed by atoms with Crippen LogP contribution in [0.25, 0.3) is 0 Å². The number of nitrogens with zero attached hydrogens (tertiary/aromatic N) is 1. The van der Waals surface area contributed by atoms with Gasteiger partial charge in [0.25, 0.3) is 10.0 Å². The second kappa shape index (κ2) is 10.9. The molecule has 0 heterocycles. The van der Waals surface area contributed by atoms with Crippen LogP contribution >= 0.6 is 11.6 Å². The van der Waals surface area contributed by atoms with E-state index >= 15 is 0 Å². The number of anilines is 1. The van der Waals surface area contributed by atoms with Crippen molar-refractivity contribution < 1.29 is 17.9 Å². The van der Waals surface area contributed by atoms with Crippen molar-refractivity contribution in [1.29, 1.82) is 0 Å². The fourth-order valence-electron chi connectivity index (χ4n) is 3.35. The minimum absolute atomic E-state index is 0.100. The van der Waals surface area contributed by atoms with E-state index in [2.05, 4.69) is 5.32 Å². The predicted molar refractivity (Wildman–Crippen MR) is 136 cm³/mol. The predicted octanol–water partition coefficient (Wildman–Crippen LogP) is 4.96. The van der Waals surface area contributed by atoms with Gasteiger partial charge >= 0.3 is 0 Å². The third-order valence-electron chi connectivity index (χ3n) is 5.58. The van der Waals surface area contributed by atoms with Crippen molar-refractivity contribution in [2.45, 2.75) is 32.6 Å². The number of aryl methyl sites for hydroxylation is 3. The molecule has 0 spiro atoms. The minimum atomic E-state index is -4.01. The van der Waals surface area contributed by atoms with E-state index in [1.807, 2.05) is 39.0 Å². The van der Waals surface area contributed by atoms with Crippen LogP contribution < -0.4 is 14.4 Å². The standard InChI is InChI=1S/C26H29ClN2O4S/c1-18-8-12-23(13-9-18)34(31,32)29(25-7-5-6-24(27)21(25)4)17-26(30)28-14-15-33-22-11-10-19(2)20(3)16-22/h5-13,16H,14-15,17H2,1-4H3,(H,28,30). The molecule has 6 nitrogen and oxygen atoms in total. The van der Waals surface area contributed by atoms with Crippen molar-refractivity contribution in [3.05, 3.63) is 87.9 Å². The number of sulfonamides is 1. The van der Waals surface area contributed by atoms with Crippen molar-refractivity contribution in [2.75, 3.05) is 24.0 Å². The van der Waals surface area contributed by atoms with Crippen LogP contribution in [0.3, 0.4) is 0 Å². The zero-order valence-electron chi connectivity index (χ0n) is 19.8. The highest BCUT2D eigenvalue weighted by atomic mass is 35.5. The molecule has 0 aromatic heterocycles. The molecule has 0 aliphatic carbocycles. The maximum atomic E-state index is 13.5. The molecule has 0 atom stereocenters. The molecule has 180 valence electrons. The molecule has 3 rings (SSSR count). The lowest BCUT2D eigenvalue weighted by atomic mass is 10.1. The minimum Gasteiger partial charge on any atom is -0.492 e. The van der Waals surface area contributed by atoms with Gasteiger partial charge in [-0.25, -0.2) is 8.42 Å². The molecule has 0 saturated heterocycles. The second-order valence-electron chi connectivity index (χ2n) is 8.15. The van der Waals surface area contributed by atoms with Crippen LogP contribution in [-0.4, -0.2) is 34.0 Å². The molecule has 0 bridgehead atoms. The van der Waals surface area contributed by atoms with Crippen LogP contribution in [-0.2, 0) is 14.8 Å². The van der Waals surface area contributed by atoms with Gasteiger partial charge in [0.1, 0.15) is 18.9 Å². The first-order valence-electron chi connectivity index (χ1n) is 10.9. The fraction of sp³-hybridized carbons (Fsp3) is 0.269. The first kappa shape index (κ1) is 25.6. The Morgan fingerprint density at radius 1 is 0.971 bits per heavy atom. The summed E-state index contributed by atoms with van der Waals surface area (Å²) < 4.78 is 33.8. The highest BCUT2D eigenvalue weighted by Crippen LogP contribution is 2.30. The third-order valence-corrected chi connectivity index (χ3v) is 7.76. The van der Waals surface area contributed by atoms with E-state index in [4.69, 9.17) is 16.3 Å². The molecule has 8 heteroatoms. The van der Waals surface area contributed by atoms with E-state index in [1.165, 1.54) is 17.7 Å². The van der Waals surface area contributed by atoms with Gasteiger partial charge in [-0.3, -0.25) is 9.10 Å². The van der Waals surface area contributed by atoms with Gasteiger partial charge in [-0.05, 0) is 80.8 Å². The summed E-state index contributed by atoms with van der Waals surface area (Å²) in [5.41, 5.74) is 4.16. The van der Waals surface area contributed by atoms with Crippen LogP contribution in [0.15, 0.2) is 65.6 Å². The molecule has 0 unspecified atom stereocenters. The van der Waals surface area contributed by atoms with Gasteiger partial charge in [0.2, 0.25) is 5.91 Å². The zero-order chi connectivity index (χ0) is 24.9. The smallest absolute Gasteiger partial charge is 0.264 e. The first-order valence-corrected chi connectivity index (χ1v) is 12.7. The van der Waals surface area contributed by atoms with Gasteiger partial charge in [0.15, 0.2) is 0 Å². The number of hydrogen-bond donors (Lipinski definition) is 1. The van der Waals surface area contributed by atoms with E-state index in [0.717, 1.165) is 21.2 Å². The van der Waals surface area contributed by atoms with Crippen molar-refractivity contribution in [2.24, 2.45) is 0 Å². The molecule has 3 aromatic rings. The summed E-state index contributed by atoms with van der Waals surface area (Å²) in [6.45, 7) is 7.74. The van der Waals surface area contributed by atoms with Crippen LogP contribution in [0, 0.1) is 27.7 Å². The number of ether oxygens (including phenoxy) is 1. The van der Waals surface area contributed by atoms with E-state index in [1.54, 1.807) is 37.3 Å². The van der Waals surface area contributed by atoms with Gasteiger partial charge in [0, 0.05) is 5.02 Å². The lowest BCUT2D eigenvalue weighted by Gasteiger charge is -2.26. The summed E-state index contributed by atoms with van der Waals surface area (Å²) in [6, 6.07) is 17.3.